The average molecular weight is 290 g/mol. The molecule has 0 spiro atoms. The van der Waals surface area contributed by atoms with E-state index in [1.54, 1.807) is 14.2 Å². The van der Waals surface area contributed by atoms with Crippen LogP contribution in [0, 0.1) is 5.92 Å². The summed E-state index contributed by atoms with van der Waals surface area (Å²) in [6.07, 6.45) is 4.61. The Balaban J connectivity index is 2.39. The van der Waals surface area contributed by atoms with Gasteiger partial charge in [-0.15, -0.1) is 0 Å². The zero-order valence-electron chi connectivity index (χ0n) is 13.1. The number of fused-ring (bicyclic) bond motifs is 1. The topological polar surface area (TPSA) is 44.8 Å². The van der Waals surface area contributed by atoms with Crippen LogP contribution in [0.1, 0.15) is 30.9 Å². The number of carbonyl (C=O) groups is 1. The molecule has 0 heterocycles. The van der Waals surface area contributed by atoms with E-state index in [1.807, 2.05) is 19.1 Å². The van der Waals surface area contributed by atoms with Crippen LogP contribution in [0.2, 0.25) is 0 Å². The molecule has 1 aliphatic carbocycles. The zero-order valence-corrected chi connectivity index (χ0v) is 13.1. The molecule has 1 unspecified atom stereocenters. The van der Waals surface area contributed by atoms with E-state index in [1.165, 1.54) is 12.7 Å². The highest BCUT2D eigenvalue weighted by Crippen LogP contribution is 2.37. The third-order valence-corrected chi connectivity index (χ3v) is 4.01. The van der Waals surface area contributed by atoms with E-state index in [2.05, 4.69) is 6.08 Å². The minimum Gasteiger partial charge on any atom is -0.493 e. The molecule has 1 aromatic carbocycles. The Bertz CT molecular complexity index is 560. The first-order valence-corrected chi connectivity index (χ1v) is 7.17. The summed E-state index contributed by atoms with van der Waals surface area (Å²) >= 11 is 0. The molecule has 1 atom stereocenters. The van der Waals surface area contributed by atoms with Crippen molar-refractivity contribution < 1.29 is 19.0 Å². The first kappa shape index (κ1) is 15.4. The molecule has 0 bridgehead atoms. The lowest BCUT2D eigenvalue weighted by Gasteiger charge is -2.23. The van der Waals surface area contributed by atoms with Crippen LogP contribution in [0.4, 0.5) is 0 Å². The molecule has 0 aliphatic heterocycles. The van der Waals surface area contributed by atoms with Crippen molar-refractivity contribution in [3.05, 3.63) is 28.8 Å². The maximum Gasteiger partial charge on any atom is 0.312 e. The number of benzene rings is 1. The SMILES string of the molecule is CCC(C(=O)OC)C1=Cc2cc(OC)c(OC)cc2CC1. The van der Waals surface area contributed by atoms with E-state index in [9.17, 15) is 4.79 Å². The molecular weight excluding hydrogens is 268 g/mol. The predicted molar refractivity (Wildman–Crippen MR) is 81.6 cm³/mol. The number of carbonyl (C=O) groups excluding carboxylic acids is 1. The molecule has 1 aromatic rings. The number of rotatable bonds is 5. The van der Waals surface area contributed by atoms with Gasteiger partial charge in [-0.25, -0.2) is 0 Å². The zero-order chi connectivity index (χ0) is 15.4. The lowest BCUT2D eigenvalue weighted by molar-refractivity contribution is -0.144. The molecular formula is C17H22O4. The number of methoxy groups -OCH3 is 3. The molecule has 0 fully saturated rings. The van der Waals surface area contributed by atoms with Crippen LogP contribution in [0.25, 0.3) is 6.08 Å². The lowest BCUT2D eigenvalue weighted by atomic mass is 9.84. The van der Waals surface area contributed by atoms with Crippen molar-refractivity contribution in [3.8, 4) is 11.5 Å². The fraction of sp³-hybridized carbons (Fsp3) is 0.471. The number of hydrogen-bond donors (Lipinski definition) is 0. The van der Waals surface area contributed by atoms with E-state index in [0.717, 1.165) is 36.1 Å². The van der Waals surface area contributed by atoms with Gasteiger partial charge >= 0.3 is 5.97 Å². The highest BCUT2D eigenvalue weighted by Gasteiger charge is 2.25. The molecule has 0 aromatic heterocycles. The second kappa shape index (κ2) is 6.66. The smallest absolute Gasteiger partial charge is 0.312 e. The van der Waals surface area contributed by atoms with Crippen LogP contribution in [0.3, 0.4) is 0 Å². The molecule has 4 heteroatoms. The van der Waals surface area contributed by atoms with Crippen LogP contribution < -0.4 is 9.47 Å². The first-order chi connectivity index (χ1) is 10.1. The third kappa shape index (κ3) is 3.04. The van der Waals surface area contributed by atoms with Gasteiger partial charge in [0.05, 0.1) is 27.2 Å². The average Bonchev–Trinajstić information content (AvgIpc) is 2.53. The van der Waals surface area contributed by atoms with E-state index in [4.69, 9.17) is 14.2 Å². The van der Waals surface area contributed by atoms with Crippen LogP contribution in [-0.4, -0.2) is 27.3 Å². The summed E-state index contributed by atoms with van der Waals surface area (Å²) in [5.74, 6) is 1.14. The monoisotopic (exact) mass is 290 g/mol. The molecule has 114 valence electrons. The Morgan fingerprint density at radius 1 is 1.14 bits per heavy atom. The van der Waals surface area contributed by atoms with E-state index >= 15 is 0 Å². The van der Waals surface area contributed by atoms with E-state index in [-0.39, 0.29) is 11.9 Å². The number of ether oxygens (including phenoxy) is 3. The lowest BCUT2D eigenvalue weighted by Crippen LogP contribution is -2.19. The summed E-state index contributed by atoms with van der Waals surface area (Å²) < 4.78 is 15.6. The van der Waals surface area contributed by atoms with Crippen molar-refractivity contribution in [2.24, 2.45) is 5.92 Å². The largest absolute Gasteiger partial charge is 0.493 e. The van der Waals surface area contributed by atoms with Crippen LogP contribution in [-0.2, 0) is 16.0 Å². The van der Waals surface area contributed by atoms with Crippen molar-refractivity contribution in [3.63, 3.8) is 0 Å². The van der Waals surface area contributed by atoms with Gasteiger partial charge in [0, 0.05) is 0 Å². The fourth-order valence-corrected chi connectivity index (χ4v) is 2.84. The third-order valence-electron chi connectivity index (χ3n) is 4.01. The van der Waals surface area contributed by atoms with E-state index < -0.39 is 0 Å². The molecule has 1 aliphatic rings. The highest BCUT2D eigenvalue weighted by atomic mass is 16.5. The second-order valence-electron chi connectivity index (χ2n) is 5.11. The van der Waals surface area contributed by atoms with Gasteiger partial charge in [-0.05, 0) is 42.5 Å². The maximum absolute atomic E-state index is 11.9. The molecule has 21 heavy (non-hydrogen) atoms. The second-order valence-corrected chi connectivity index (χ2v) is 5.11. The van der Waals surface area contributed by atoms with Gasteiger partial charge in [-0.3, -0.25) is 4.79 Å². The van der Waals surface area contributed by atoms with Crippen LogP contribution in [0.15, 0.2) is 17.7 Å². The van der Waals surface area contributed by atoms with Crippen LogP contribution >= 0.6 is 0 Å². The van der Waals surface area contributed by atoms with Crippen molar-refractivity contribution in [1.82, 2.24) is 0 Å². The number of aryl methyl sites for hydroxylation is 1. The summed E-state index contributed by atoms with van der Waals surface area (Å²) in [5.41, 5.74) is 3.44. The summed E-state index contributed by atoms with van der Waals surface area (Å²) in [6.45, 7) is 2.01. The Kier molecular flexibility index (Phi) is 4.89. The normalized spacial score (nSPS) is 14.8. The quantitative estimate of drug-likeness (QED) is 0.781. The summed E-state index contributed by atoms with van der Waals surface area (Å²) in [7, 11) is 4.70. The van der Waals surface area contributed by atoms with Crippen molar-refractivity contribution in [1.29, 1.82) is 0 Å². The summed E-state index contributed by atoms with van der Waals surface area (Å²) in [5, 5.41) is 0. The minimum absolute atomic E-state index is 0.156. The summed E-state index contributed by atoms with van der Waals surface area (Å²) in [4.78, 5) is 11.9. The standard InChI is InChI=1S/C17H22O4/c1-5-14(17(18)21-4)12-7-6-11-9-15(19-2)16(20-3)10-13(11)8-12/h8-10,14H,5-7H2,1-4H3. The highest BCUT2D eigenvalue weighted by molar-refractivity contribution is 5.79. The van der Waals surface area contributed by atoms with Crippen LogP contribution in [0.5, 0.6) is 11.5 Å². The molecule has 0 radical (unpaired) electrons. The number of esters is 1. The van der Waals surface area contributed by atoms with Crippen molar-refractivity contribution >= 4 is 12.0 Å². The molecule has 0 saturated heterocycles. The fourth-order valence-electron chi connectivity index (χ4n) is 2.84. The van der Waals surface area contributed by atoms with Crippen molar-refractivity contribution in [2.75, 3.05) is 21.3 Å². The molecule has 0 N–H and O–H groups in total. The van der Waals surface area contributed by atoms with Gasteiger partial charge in [-0.2, -0.15) is 0 Å². The maximum atomic E-state index is 11.9. The van der Waals surface area contributed by atoms with Gasteiger partial charge in [-0.1, -0.05) is 18.6 Å². The number of hydrogen-bond acceptors (Lipinski definition) is 4. The van der Waals surface area contributed by atoms with Gasteiger partial charge in [0.25, 0.3) is 0 Å². The Hall–Kier alpha value is -1.97. The summed E-state index contributed by atoms with van der Waals surface area (Å²) in [6, 6.07) is 3.98. The van der Waals surface area contributed by atoms with E-state index in [0.29, 0.717) is 5.75 Å². The minimum atomic E-state index is -0.160. The molecule has 2 rings (SSSR count). The van der Waals surface area contributed by atoms with Crippen molar-refractivity contribution in [2.45, 2.75) is 26.2 Å². The van der Waals surface area contributed by atoms with Gasteiger partial charge in [0.2, 0.25) is 0 Å². The van der Waals surface area contributed by atoms with Gasteiger partial charge in [0.1, 0.15) is 0 Å². The molecule has 0 amide bonds. The Morgan fingerprint density at radius 3 is 2.38 bits per heavy atom. The molecule has 0 saturated carbocycles. The molecule has 4 nitrogen and oxygen atoms in total. The van der Waals surface area contributed by atoms with Gasteiger partial charge in [0.15, 0.2) is 11.5 Å². The van der Waals surface area contributed by atoms with Gasteiger partial charge < -0.3 is 14.2 Å². The Morgan fingerprint density at radius 2 is 1.81 bits per heavy atom. The predicted octanol–water partition coefficient (Wildman–Crippen LogP) is 3.23. The Labute approximate surface area is 125 Å². The first-order valence-electron chi connectivity index (χ1n) is 7.17.